The van der Waals surface area contributed by atoms with E-state index >= 15 is 0 Å². The number of carbonyl (C=O) groups excluding carboxylic acids is 2. The van der Waals surface area contributed by atoms with Gasteiger partial charge in [0.15, 0.2) is 0 Å². The van der Waals surface area contributed by atoms with Crippen LogP contribution in [0.4, 0.5) is 0 Å². The Morgan fingerprint density at radius 1 is 0.773 bits per heavy atom. The van der Waals surface area contributed by atoms with Crippen LogP contribution in [0, 0.1) is 0 Å². The van der Waals surface area contributed by atoms with Crippen LogP contribution in [0.25, 0.3) is 0 Å². The quantitative estimate of drug-likeness (QED) is 0.336. The minimum atomic E-state index is -0.0620. The first kappa shape index (κ1) is 21.9. The Labute approximate surface area is 151 Å². The van der Waals surface area contributed by atoms with Crippen molar-refractivity contribution in [3.8, 4) is 0 Å². The van der Waals surface area contributed by atoms with E-state index in [9.17, 15) is 9.59 Å². The Morgan fingerprint density at radius 3 is 1.45 bits per heavy atom. The van der Waals surface area contributed by atoms with Gasteiger partial charge in [-0.25, -0.2) is 0 Å². The third-order valence-corrected chi connectivity index (χ3v) is 5.10. The van der Waals surface area contributed by atoms with Gasteiger partial charge in [0.1, 0.15) is 0 Å². The molecule has 0 unspecified atom stereocenters. The van der Waals surface area contributed by atoms with Crippen molar-refractivity contribution >= 4 is 43.7 Å². The third kappa shape index (κ3) is 11.5. The number of carbonyl (C=O) groups is 2. The zero-order valence-corrected chi connectivity index (χ0v) is 17.0. The number of hydrogen-bond donors (Lipinski definition) is 2. The maximum Gasteiger partial charge on any atom is 0.233 e. The van der Waals surface area contributed by atoms with E-state index in [0.717, 1.165) is 64.5 Å². The van der Waals surface area contributed by atoms with Crippen LogP contribution < -0.4 is 10.6 Å². The molecule has 22 heavy (non-hydrogen) atoms. The number of rotatable bonds is 13. The van der Waals surface area contributed by atoms with Crippen molar-refractivity contribution in [2.24, 2.45) is 0 Å². The SMILES string of the molecule is CCC[C@@H](Br)C(=O)NCCCCCCNC(=O)[C@H](Br)CCC. The molecule has 0 saturated heterocycles. The summed E-state index contributed by atoms with van der Waals surface area (Å²) in [6.07, 6.45) is 7.87. The summed E-state index contributed by atoms with van der Waals surface area (Å²) in [4.78, 5) is 23.2. The molecule has 0 aliphatic carbocycles. The Bertz CT molecular complexity index is 285. The first-order valence-electron chi connectivity index (χ1n) is 8.36. The zero-order chi connectivity index (χ0) is 16.8. The standard InChI is InChI=1S/C16H30Br2N2O2/c1-3-9-13(17)15(21)19-11-7-5-6-8-12-20-16(22)14(18)10-4-2/h13-14H,3-12H2,1-2H3,(H,19,21)(H,20,22)/t13-,14-/m1/s1. The average molecular weight is 442 g/mol. The van der Waals surface area contributed by atoms with E-state index in [2.05, 4.69) is 56.3 Å². The summed E-state index contributed by atoms with van der Waals surface area (Å²) in [6, 6.07) is 0. The fraction of sp³-hybridized carbons (Fsp3) is 0.875. The molecule has 0 saturated carbocycles. The fourth-order valence-electron chi connectivity index (χ4n) is 2.02. The molecule has 0 bridgehead atoms. The van der Waals surface area contributed by atoms with Gasteiger partial charge >= 0.3 is 0 Å². The molecule has 0 fully saturated rings. The van der Waals surface area contributed by atoms with Gasteiger partial charge in [-0.05, 0) is 25.7 Å². The van der Waals surface area contributed by atoms with E-state index in [1.165, 1.54) is 0 Å². The van der Waals surface area contributed by atoms with Gasteiger partial charge in [-0.2, -0.15) is 0 Å². The van der Waals surface area contributed by atoms with Gasteiger partial charge in [0, 0.05) is 13.1 Å². The Balaban J connectivity index is 3.44. The molecule has 0 rings (SSSR count). The molecule has 2 atom stereocenters. The molecule has 4 nitrogen and oxygen atoms in total. The fourth-order valence-corrected chi connectivity index (χ4v) is 3.26. The maximum absolute atomic E-state index is 11.7. The van der Waals surface area contributed by atoms with Crippen LogP contribution in [-0.2, 0) is 9.59 Å². The molecule has 0 aliphatic heterocycles. The van der Waals surface area contributed by atoms with Gasteiger partial charge in [-0.1, -0.05) is 71.4 Å². The van der Waals surface area contributed by atoms with E-state index in [4.69, 9.17) is 0 Å². The lowest BCUT2D eigenvalue weighted by molar-refractivity contribution is -0.121. The number of unbranched alkanes of at least 4 members (excludes halogenated alkanes) is 3. The smallest absolute Gasteiger partial charge is 0.233 e. The highest BCUT2D eigenvalue weighted by molar-refractivity contribution is 9.10. The van der Waals surface area contributed by atoms with Gasteiger partial charge in [-0.3, -0.25) is 9.59 Å². The molecular weight excluding hydrogens is 412 g/mol. The van der Waals surface area contributed by atoms with Gasteiger partial charge in [-0.15, -0.1) is 0 Å². The second-order valence-electron chi connectivity index (χ2n) is 5.51. The van der Waals surface area contributed by atoms with E-state index < -0.39 is 0 Å². The van der Waals surface area contributed by atoms with Crippen LogP contribution in [0.3, 0.4) is 0 Å². The van der Waals surface area contributed by atoms with E-state index in [1.807, 2.05) is 0 Å². The van der Waals surface area contributed by atoms with Gasteiger partial charge < -0.3 is 10.6 Å². The molecule has 0 aliphatic rings. The summed E-state index contributed by atoms with van der Waals surface area (Å²) in [5.41, 5.74) is 0. The Hall–Kier alpha value is -0.100. The molecule has 130 valence electrons. The first-order valence-corrected chi connectivity index (χ1v) is 10.2. The van der Waals surface area contributed by atoms with E-state index in [0.29, 0.717) is 0 Å². The zero-order valence-electron chi connectivity index (χ0n) is 13.8. The van der Waals surface area contributed by atoms with Crippen molar-refractivity contribution in [2.75, 3.05) is 13.1 Å². The largest absolute Gasteiger partial charge is 0.355 e. The summed E-state index contributed by atoms with van der Waals surface area (Å²) >= 11 is 6.77. The lowest BCUT2D eigenvalue weighted by Gasteiger charge is -2.10. The highest BCUT2D eigenvalue weighted by Gasteiger charge is 2.13. The lowest BCUT2D eigenvalue weighted by atomic mass is 10.2. The summed E-state index contributed by atoms with van der Waals surface area (Å²) in [6.45, 7) is 5.61. The summed E-state index contributed by atoms with van der Waals surface area (Å²) in [7, 11) is 0. The summed E-state index contributed by atoms with van der Waals surface area (Å²) in [5, 5.41) is 5.89. The molecule has 2 amide bonds. The number of nitrogens with one attached hydrogen (secondary N) is 2. The number of alkyl halides is 2. The van der Waals surface area contributed by atoms with Gasteiger partial charge in [0.2, 0.25) is 11.8 Å². The normalized spacial score (nSPS) is 13.5. The van der Waals surface area contributed by atoms with Gasteiger partial charge in [0.25, 0.3) is 0 Å². The highest BCUT2D eigenvalue weighted by atomic mass is 79.9. The van der Waals surface area contributed by atoms with Gasteiger partial charge in [0.05, 0.1) is 9.65 Å². The molecule has 0 aromatic rings. The summed E-state index contributed by atoms with van der Waals surface area (Å²) in [5.74, 6) is 0.182. The van der Waals surface area contributed by atoms with Crippen LogP contribution in [-0.4, -0.2) is 34.6 Å². The molecule has 0 heterocycles. The third-order valence-electron chi connectivity index (χ3n) is 3.36. The van der Waals surface area contributed by atoms with Crippen molar-refractivity contribution in [2.45, 2.75) is 74.9 Å². The first-order chi connectivity index (χ1) is 10.5. The van der Waals surface area contributed by atoms with Crippen LogP contribution in [0.2, 0.25) is 0 Å². The van der Waals surface area contributed by atoms with Crippen molar-refractivity contribution in [1.29, 1.82) is 0 Å². The van der Waals surface area contributed by atoms with Crippen molar-refractivity contribution in [3.05, 3.63) is 0 Å². The predicted molar refractivity (Wildman–Crippen MR) is 99.7 cm³/mol. The summed E-state index contributed by atoms with van der Waals surface area (Å²) < 4.78 is 0. The predicted octanol–water partition coefficient (Wildman–Crippen LogP) is 3.91. The number of halogens is 2. The molecule has 0 aromatic carbocycles. The Morgan fingerprint density at radius 2 is 1.14 bits per heavy atom. The number of amides is 2. The average Bonchev–Trinajstić information content (AvgIpc) is 2.49. The van der Waals surface area contributed by atoms with Crippen molar-refractivity contribution < 1.29 is 9.59 Å². The molecular formula is C16H30Br2N2O2. The molecule has 6 heteroatoms. The minimum absolute atomic E-state index is 0.0620. The Kier molecular flexibility index (Phi) is 14.4. The van der Waals surface area contributed by atoms with Crippen LogP contribution >= 0.6 is 31.9 Å². The van der Waals surface area contributed by atoms with E-state index in [1.54, 1.807) is 0 Å². The topological polar surface area (TPSA) is 58.2 Å². The van der Waals surface area contributed by atoms with Crippen LogP contribution in [0.15, 0.2) is 0 Å². The highest BCUT2D eigenvalue weighted by Crippen LogP contribution is 2.08. The molecule has 2 N–H and O–H groups in total. The second-order valence-corrected chi connectivity index (χ2v) is 7.72. The minimum Gasteiger partial charge on any atom is -0.355 e. The second kappa shape index (κ2) is 14.5. The molecule has 0 radical (unpaired) electrons. The number of hydrogen-bond acceptors (Lipinski definition) is 2. The maximum atomic E-state index is 11.7. The lowest BCUT2D eigenvalue weighted by Crippen LogP contribution is -2.32. The monoisotopic (exact) mass is 440 g/mol. The van der Waals surface area contributed by atoms with Crippen molar-refractivity contribution in [1.82, 2.24) is 10.6 Å². The van der Waals surface area contributed by atoms with Crippen molar-refractivity contribution in [3.63, 3.8) is 0 Å². The molecule has 0 aromatic heterocycles. The van der Waals surface area contributed by atoms with Crippen LogP contribution in [0.5, 0.6) is 0 Å². The molecule has 0 spiro atoms. The van der Waals surface area contributed by atoms with E-state index in [-0.39, 0.29) is 21.5 Å². The van der Waals surface area contributed by atoms with Crippen LogP contribution in [0.1, 0.15) is 65.2 Å².